The van der Waals surface area contributed by atoms with Gasteiger partial charge in [-0.15, -0.1) is 0 Å². The van der Waals surface area contributed by atoms with Crippen molar-refractivity contribution in [2.45, 2.75) is 6.42 Å². The van der Waals surface area contributed by atoms with Gasteiger partial charge in [-0.1, -0.05) is 4.98 Å². The minimum Gasteiger partial charge on any atom is -0.468 e. The summed E-state index contributed by atoms with van der Waals surface area (Å²) in [5.74, 6) is 0.167. The third kappa shape index (κ3) is 2.63. The van der Waals surface area contributed by atoms with Crippen LogP contribution in [0.25, 0.3) is 5.52 Å². The number of H-pyrrole nitrogens is 1. The molecule has 10 heteroatoms. The van der Waals surface area contributed by atoms with Crippen molar-refractivity contribution < 1.29 is 13.7 Å². The number of pyridine rings is 1. The number of fused-ring (bicyclic) bond motifs is 2. The predicted molar refractivity (Wildman–Crippen MR) is 98.7 cm³/mol. The lowest BCUT2D eigenvalue weighted by Gasteiger charge is -2.15. The highest BCUT2D eigenvalue weighted by Gasteiger charge is 2.31. The minimum atomic E-state index is -0.368. The average Bonchev–Trinajstić information content (AvgIpc) is 3.40. The van der Waals surface area contributed by atoms with Crippen molar-refractivity contribution in [1.82, 2.24) is 29.5 Å². The van der Waals surface area contributed by atoms with E-state index < -0.39 is 0 Å². The molecule has 4 aromatic heterocycles. The molecule has 9 nitrogen and oxygen atoms in total. The molecule has 0 atom stereocenters. The van der Waals surface area contributed by atoms with Gasteiger partial charge in [0.1, 0.15) is 35.0 Å². The van der Waals surface area contributed by atoms with E-state index in [1.54, 1.807) is 24.7 Å². The number of rotatable bonds is 3. The van der Waals surface area contributed by atoms with Gasteiger partial charge in [-0.2, -0.15) is 10.4 Å². The molecule has 1 aliphatic heterocycles. The van der Waals surface area contributed by atoms with Crippen LogP contribution in [0, 0.1) is 17.1 Å². The van der Waals surface area contributed by atoms with Crippen LogP contribution in [-0.2, 0) is 6.42 Å². The Kier molecular flexibility index (Phi) is 3.80. The van der Waals surface area contributed by atoms with Crippen LogP contribution in [0.4, 0.5) is 10.3 Å². The summed E-state index contributed by atoms with van der Waals surface area (Å²) in [6.45, 7) is 0.552. The number of halogens is 1. The molecule has 0 fully saturated rings. The fourth-order valence-electron chi connectivity index (χ4n) is 3.45. The third-order valence-corrected chi connectivity index (χ3v) is 4.79. The van der Waals surface area contributed by atoms with E-state index in [2.05, 4.69) is 25.0 Å². The molecular formula is C19H14FN8O+. The fraction of sp³-hybridized carbons (Fsp3) is 0.158. The molecule has 0 radical (unpaired) electrons. The molecule has 142 valence electrons. The summed E-state index contributed by atoms with van der Waals surface area (Å²) in [6.07, 6.45) is 5.40. The average molecular weight is 389 g/mol. The van der Waals surface area contributed by atoms with Crippen molar-refractivity contribution in [2.75, 3.05) is 13.7 Å². The van der Waals surface area contributed by atoms with Crippen molar-refractivity contribution in [2.24, 2.45) is 0 Å². The molecule has 5 heterocycles. The number of nitrogens with zero attached hydrogens (tertiary/aromatic N) is 7. The molecule has 0 saturated carbocycles. The normalized spacial score (nSPS) is 13.4. The first-order valence-electron chi connectivity index (χ1n) is 8.82. The SMILES string of the molecule is COc1nc([N+]2=C(c3cc4c(F)cccn4n3)c3nc[nH]c3CC2)ncc1C#N. The van der Waals surface area contributed by atoms with Gasteiger partial charge in [0.2, 0.25) is 0 Å². The second-order valence-corrected chi connectivity index (χ2v) is 6.40. The molecule has 0 aromatic carbocycles. The lowest BCUT2D eigenvalue weighted by Crippen LogP contribution is -2.29. The Hall–Kier alpha value is -4.13. The number of nitrogens with one attached hydrogen (secondary N) is 1. The van der Waals surface area contributed by atoms with Crippen LogP contribution in [-0.4, -0.2) is 53.5 Å². The first kappa shape index (κ1) is 17.0. The van der Waals surface area contributed by atoms with Crippen LogP contribution in [0.3, 0.4) is 0 Å². The van der Waals surface area contributed by atoms with E-state index >= 15 is 0 Å². The molecule has 29 heavy (non-hydrogen) atoms. The first-order chi connectivity index (χ1) is 14.2. The van der Waals surface area contributed by atoms with Crippen molar-refractivity contribution >= 4 is 17.2 Å². The number of hydrogen-bond donors (Lipinski definition) is 1. The number of nitriles is 1. The molecule has 4 aromatic rings. The minimum absolute atomic E-state index is 0.186. The van der Waals surface area contributed by atoms with Crippen molar-refractivity contribution in [3.63, 3.8) is 0 Å². The maximum atomic E-state index is 14.2. The largest absolute Gasteiger partial charge is 0.468 e. The standard InChI is InChI=1S/C19H13FN8O/c1-29-18-11(8-21)9-22-19(25-18)27-6-4-13-16(24-10-23-13)17(27)14-7-15-12(20)3-2-5-28(15)26-14/h2-3,5,7,9-10H,4,6H2,1H3/p+1. The van der Waals surface area contributed by atoms with Crippen LogP contribution in [0.5, 0.6) is 5.88 Å². The highest BCUT2D eigenvalue weighted by molar-refractivity contribution is 6.09. The fourth-order valence-corrected chi connectivity index (χ4v) is 3.45. The van der Waals surface area contributed by atoms with Gasteiger partial charge >= 0.3 is 11.8 Å². The van der Waals surface area contributed by atoms with Gasteiger partial charge < -0.3 is 9.72 Å². The summed E-state index contributed by atoms with van der Waals surface area (Å²) in [6, 6.07) is 6.66. The van der Waals surface area contributed by atoms with Crippen LogP contribution in [0.15, 0.2) is 36.9 Å². The zero-order chi connectivity index (χ0) is 20.0. The van der Waals surface area contributed by atoms with Crippen molar-refractivity contribution in [3.8, 4) is 11.9 Å². The molecular weight excluding hydrogens is 375 g/mol. The Balaban J connectivity index is 1.78. The summed E-state index contributed by atoms with van der Waals surface area (Å²) in [5, 5.41) is 13.7. The van der Waals surface area contributed by atoms with Crippen molar-refractivity contribution in [3.05, 3.63) is 65.4 Å². The monoisotopic (exact) mass is 389 g/mol. The molecule has 1 aliphatic rings. The van der Waals surface area contributed by atoms with E-state index in [-0.39, 0.29) is 17.3 Å². The molecule has 0 saturated heterocycles. The van der Waals surface area contributed by atoms with E-state index in [4.69, 9.17) is 4.74 Å². The Morgan fingerprint density at radius 3 is 3.07 bits per heavy atom. The lowest BCUT2D eigenvalue weighted by molar-refractivity contribution is -0.449. The smallest absolute Gasteiger partial charge is 0.437 e. The predicted octanol–water partition coefficient (Wildman–Crippen LogP) is 1.60. The zero-order valence-corrected chi connectivity index (χ0v) is 15.3. The first-order valence-corrected chi connectivity index (χ1v) is 8.82. The van der Waals surface area contributed by atoms with E-state index in [9.17, 15) is 9.65 Å². The number of aromatic nitrogens is 6. The highest BCUT2D eigenvalue weighted by atomic mass is 19.1. The van der Waals surface area contributed by atoms with Crippen LogP contribution in [0.1, 0.15) is 22.6 Å². The second-order valence-electron chi connectivity index (χ2n) is 6.40. The Morgan fingerprint density at radius 2 is 2.28 bits per heavy atom. The van der Waals surface area contributed by atoms with E-state index in [0.717, 1.165) is 5.69 Å². The molecule has 0 bridgehead atoms. The number of hydrogen-bond acceptors (Lipinski definition) is 6. The van der Waals surface area contributed by atoms with Crippen LogP contribution in [0.2, 0.25) is 0 Å². The Bertz CT molecular complexity index is 1330. The molecule has 0 amide bonds. The van der Waals surface area contributed by atoms with Crippen LogP contribution < -0.4 is 4.74 Å². The van der Waals surface area contributed by atoms with Gasteiger partial charge in [-0.25, -0.2) is 18.5 Å². The maximum absolute atomic E-state index is 14.2. The quantitative estimate of drug-likeness (QED) is 0.533. The summed E-state index contributed by atoms with van der Waals surface area (Å²) in [5.41, 5.74) is 3.44. The van der Waals surface area contributed by atoms with Crippen molar-refractivity contribution in [1.29, 1.82) is 5.26 Å². The molecule has 1 N–H and O–H groups in total. The Morgan fingerprint density at radius 1 is 1.38 bits per heavy atom. The molecule has 0 aliphatic carbocycles. The molecule has 5 rings (SSSR count). The summed E-state index contributed by atoms with van der Waals surface area (Å²) in [4.78, 5) is 16.3. The van der Waals surface area contributed by atoms with Gasteiger partial charge in [0.25, 0.3) is 0 Å². The number of aromatic amines is 1. The molecule has 0 unspecified atom stereocenters. The summed E-state index contributed by atoms with van der Waals surface area (Å²) < 4.78 is 22.8. The highest BCUT2D eigenvalue weighted by Crippen LogP contribution is 2.24. The van der Waals surface area contributed by atoms with Crippen LogP contribution >= 0.6 is 0 Å². The van der Waals surface area contributed by atoms with Gasteiger partial charge in [-0.3, -0.25) is 0 Å². The number of methoxy groups -OCH3 is 1. The van der Waals surface area contributed by atoms with Gasteiger partial charge in [0.05, 0.1) is 20.0 Å². The second kappa shape index (κ2) is 6.49. The lowest BCUT2D eigenvalue weighted by atomic mass is 10.1. The van der Waals surface area contributed by atoms with Gasteiger partial charge in [0, 0.05) is 18.3 Å². The number of imidazole rings is 1. The van der Waals surface area contributed by atoms with E-state index in [0.29, 0.717) is 41.5 Å². The zero-order valence-electron chi connectivity index (χ0n) is 15.3. The van der Waals surface area contributed by atoms with E-state index in [1.165, 1.54) is 23.9 Å². The summed E-state index contributed by atoms with van der Waals surface area (Å²) in [7, 11) is 1.45. The van der Waals surface area contributed by atoms with Gasteiger partial charge in [0.15, 0.2) is 11.3 Å². The van der Waals surface area contributed by atoms with E-state index in [1.807, 2.05) is 10.6 Å². The number of ether oxygens (including phenoxy) is 1. The Labute approximate surface area is 163 Å². The third-order valence-electron chi connectivity index (χ3n) is 4.79. The molecule has 0 spiro atoms. The summed E-state index contributed by atoms with van der Waals surface area (Å²) >= 11 is 0. The maximum Gasteiger partial charge on any atom is 0.437 e. The van der Waals surface area contributed by atoms with Gasteiger partial charge in [-0.05, 0) is 23.2 Å². The topological polar surface area (TPSA) is 108 Å².